The van der Waals surface area contributed by atoms with E-state index in [0.717, 1.165) is 44.0 Å². The second-order valence-corrected chi connectivity index (χ2v) is 6.64. The predicted molar refractivity (Wildman–Crippen MR) is 91.2 cm³/mol. The molecular formula is C17H23N5O3. The summed E-state index contributed by atoms with van der Waals surface area (Å²) in [5.74, 6) is 2.39. The minimum atomic E-state index is -0.256. The second-order valence-electron chi connectivity index (χ2n) is 6.64. The normalized spacial score (nSPS) is 22.7. The highest BCUT2D eigenvalue weighted by Crippen LogP contribution is 2.32. The van der Waals surface area contributed by atoms with Crippen LogP contribution in [0.25, 0.3) is 0 Å². The number of hydrogen-bond donors (Lipinski definition) is 2. The van der Waals surface area contributed by atoms with Gasteiger partial charge in [0.15, 0.2) is 11.5 Å². The third-order valence-corrected chi connectivity index (χ3v) is 4.91. The van der Waals surface area contributed by atoms with Crippen LogP contribution in [0.1, 0.15) is 24.8 Å². The van der Waals surface area contributed by atoms with Crippen molar-refractivity contribution in [3.63, 3.8) is 0 Å². The van der Waals surface area contributed by atoms with E-state index in [0.29, 0.717) is 18.4 Å². The average Bonchev–Trinajstić information content (AvgIpc) is 3.08. The molecule has 8 heteroatoms. The van der Waals surface area contributed by atoms with Crippen LogP contribution in [0.5, 0.6) is 11.5 Å². The highest BCUT2D eigenvalue weighted by molar-refractivity contribution is 5.40. The number of rotatable bonds is 4. The third kappa shape index (κ3) is 3.54. The lowest BCUT2D eigenvalue weighted by Crippen LogP contribution is -2.45. The molecule has 8 nitrogen and oxygen atoms in total. The number of nitrogens with two attached hydrogens (primary N) is 2. The van der Waals surface area contributed by atoms with Crippen LogP contribution in [0.3, 0.4) is 0 Å². The number of piperidine rings is 1. The van der Waals surface area contributed by atoms with E-state index in [-0.39, 0.29) is 18.2 Å². The lowest BCUT2D eigenvalue weighted by molar-refractivity contribution is 0.0453. The van der Waals surface area contributed by atoms with Gasteiger partial charge < -0.3 is 25.4 Å². The van der Waals surface area contributed by atoms with Crippen LogP contribution in [-0.4, -0.2) is 47.4 Å². The van der Waals surface area contributed by atoms with Gasteiger partial charge in [0.1, 0.15) is 12.7 Å². The van der Waals surface area contributed by atoms with Crippen molar-refractivity contribution in [2.24, 2.45) is 11.7 Å². The Morgan fingerprint density at radius 1 is 1.16 bits per heavy atom. The van der Waals surface area contributed by atoms with Gasteiger partial charge in [-0.05, 0) is 44.0 Å². The van der Waals surface area contributed by atoms with Gasteiger partial charge in [-0.2, -0.15) is 0 Å². The van der Waals surface area contributed by atoms with Gasteiger partial charge in [-0.1, -0.05) is 17.2 Å². The van der Waals surface area contributed by atoms with Gasteiger partial charge in [0.25, 0.3) is 0 Å². The summed E-state index contributed by atoms with van der Waals surface area (Å²) in [6, 6.07) is 7.60. The molecular weight excluding hydrogens is 322 g/mol. The zero-order valence-electron chi connectivity index (χ0n) is 14.0. The molecule has 0 aliphatic carbocycles. The molecule has 134 valence electrons. The Labute approximate surface area is 146 Å². The van der Waals surface area contributed by atoms with Crippen LogP contribution < -0.4 is 20.9 Å². The van der Waals surface area contributed by atoms with Crippen molar-refractivity contribution in [1.29, 1.82) is 0 Å². The first-order chi connectivity index (χ1) is 12.2. The van der Waals surface area contributed by atoms with Crippen molar-refractivity contribution in [3.8, 4) is 11.5 Å². The van der Waals surface area contributed by atoms with E-state index in [9.17, 15) is 0 Å². The first-order valence-electron chi connectivity index (χ1n) is 8.64. The number of nitrogens with zero attached hydrogens (tertiary/aromatic N) is 3. The largest absolute Gasteiger partial charge is 0.486 e. The smallest absolute Gasteiger partial charge is 0.312 e. The summed E-state index contributed by atoms with van der Waals surface area (Å²) >= 11 is 0. The number of aromatic nitrogens is 2. The maximum absolute atomic E-state index is 6.25. The van der Waals surface area contributed by atoms with Crippen molar-refractivity contribution in [1.82, 2.24) is 15.1 Å². The number of nitrogen functional groups attached to an aromatic ring is 1. The van der Waals surface area contributed by atoms with Crippen molar-refractivity contribution in [2.45, 2.75) is 25.0 Å². The first-order valence-corrected chi connectivity index (χ1v) is 8.64. The third-order valence-electron chi connectivity index (χ3n) is 4.91. The topological polar surface area (TPSA) is 113 Å². The molecule has 3 heterocycles. The van der Waals surface area contributed by atoms with E-state index in [1.165, 1.54) is 0 Å². The summed E-state index contributed by atoms with van der Waals surface area (Å²) in [5.41, 5.74) is 11.7. The van der Waals surface area contributed by atoms with Crippen LogP contribution in [-0.2, 0) is 0 Å². The Hall–Kier alpha value is -2.32. The highest BCUT2D eigenvalue weighted by atomic mass is 16.6. The van der Waals surface area contributed by atoms with Crippen LogP contribution >= 0.6 is 0 Å². The second kappa shape index (κ2) is 6.89. The summed E-state index contributed by atoms with van der Waals surface area (Å²) in [4.78, 5) is 2.40. The summed E-state index contributed by atoms with van der Waals surface area (Å²) in [6.07, 6.45) is 2.01. The molecule has 1 fully saturated rings. The number of para-hydroxylation sites is 2. The molecule has 4 rings (SSSR count). The molecule has 2 unspecified atom stereocenters. The quantitative estimate of drug-likeness (QED) is 0.850. The van der Waals surface area contributed by atoms with Gasteiger partial charge in [0.05, 0.1) is 6.04 Å². The van der Waals surface area contributed by atoms with Gasteiger partial charge in [0, 0.05) is 6.54 Å². The predicted octanol–water partition coefficient (Wildman–Crippen LogP) is 1.20. The average molecular weight is 345 g/mol. The SMILES string of the molecule is Nc1nnc(C(N)C2CCN(CC3COc4ccccc4O3)CC2)o1. The number of likely N-dealkylation sites (tertiary alicyclic amines) is 1. The molecule has 0 spiro atoms. The van der Waals surface area contributed by atoms with Gasteiger partial charge in [-0.3, -0.25) is 4.90 Å². The lowest BCUT2D eigenvalue weighted by Gasteiger charge is -2.36. The van der Waals surface area contributed by atoms with Crippen molar-refractivity contribution < 1.29 is 13.9 Å². The number of benzene rings is 1. The maximum Gasteiger partial charge on any atom is 0.312 e. The van der Waals surface area contributed by atoms with Crippen LogP contribution in [0.2, 0.25) is 0 Å². The molecule has 1 saturated heterocycles. The molecule has 0 bridgehead atoms. The van der Waals surface area contributed by atoms with Crippen molar-refractivity contribution in [2.75, 3.05) is 32.0 Å². The fourth-order valence-corrected chi connectivity index (χ4v) is 3.52. The Balaban J connectivity index is 1.28. The molecule has 0 amide bonds. The molecule has 2 aliphatic rings. The molecule has 0 saturated carbocycles. The van der Waals surface area contributed by atoms with Crippen molar-refractivity contribution in [3.05, 3.63) is 30.2 Å². The zero-order chi connectivity index (χ0) is 17.2. The Morgan fingerprint density at radius 2 is 1.92 bits per heavy atom. The van der Waals surface area contributed by atoms with E-state index in [1.54, 1.807) is 0 Å². The van der Waals surface area contributed by atoms with E-state index in [1.807, 2.05) is 24.3 Å². The van der Waals surface area contributed by atoms with E-state index in [2.05, 4.69) is 15.1 Å². The van der Waals surface area contributed by atoms with Crippen molar-refractivity contribution >= 4 is 6.01 Å². The summed E-state index contributed by atoms with van der Waals surface area (Å²) < 4.78 is 17.1. The number of hydrogen-bond acceptors (Lipinski definition) is 8. The van der Waals surface area contributed by atoms with Gasteiger partial charge in [-0.25, -0.2) is 0 Å². The van der Waals surface area contributed by atoms with E-state index in [4.69, 9.17) is 25.4 Å². The number of anilines is 1. The monoisotopic (exact) mass is 345 g/mol. The minimum Gasteiger partial charge on any atom is -0.486 e. The van der Waals surface area contributed by atoms with Crippen LogP contribution in [0.4, 0.5) is 6.01 Å². The molecule has 25 heavy (non-hydrogen) atoms. The summed E-state index contributed by atoms with van der Waals surface area (Å²) in [6.45, 7) is 3.36. The minimum absolute atomic E-state index is 0.0517. The van der Waals surface area contributed by atoms with Gasteiger partial charge >= 0.3 is 6.01 Å². The standard InChI is InChI=1S/C17H23N5O3/c18-15(16-20-21-17(19)25-16)11-5-7-22(8-6-11)9-12-10-23-13-3-1-2-4-14(13)24-12/h1-4,11-12,15H,5-10,18H2,(H2,19,21). The zero-order valence-corrected chi connectivity index (χ0v) is 14.0. The van der Waals surface area contributed by atoms with Crippen LogP contribution in [0.15, 0.2) is 28.7 Å². The van der Waals surface area contributed by atoms with Gasteiger partial charge in [0.2, 0.25) is 5.89 Å². The van der Waals surface area contributed by atoms with Crippen LogP contribution in [0, 0.1) is 5.92 Å². The van der Waals surface area contributed by atoms with E-state index < -0.39 is 0 Å². The lowest BCUT2D eigenvalue weighted by atomic mass is 9.89. The molecule has 2 aromatic rings. The summed E-state index contributed by atoms with van der Waals surface area (Å²) in [5, 5.41) is 7.59. The highest BCUT2D eigenvalue weighted by Gasteiger charge is 2.30. The summed E-state index contributed by atoms with van der Waals surface area (Å²) in [7, 11) is 0. The fraction of sp³-hybridized carbons (Fsp3) is 0.529. The maximum atomic E-state index is 6.25. The Bertz CT molecular complexity index is 714. The molecule has 2 aliphatic heterocycles. The Kier molecular flexibility index (Phi) is 4.46. The molecule has 1 aromatic carbocycles. The Morgan fingerprint density at radius 3 is 2.64 bits per heavy atom. The van der Waals surface area contributed by atoms with Gasteiger partial charge in [-0.15, -0.1) is 5.10 Å². The molecule has 4 N–H and O–H groups in total. The molecule has 1 aromatic heterocycles. The van der Waals surface area contributed by atoms with E-state index >= 15 is 0 Å². The number of ether oxygens (including phenoxy) is 2. The number of fused-ring (bicyclic) bond motifs is 1. The fourth-order valence-electron chi connectivity index (χ4n) is 3.52. The molecule has 0 radical (unpaired) electrons. The first kappa shape index (κ1) is 16.2. The molecule has 2 atom stereocenters.